The quantitative estimate of drug-likeness (QED) is 0.707. The molecule has 0 aliphatic carbocycles. The van der Waals surface area contributed by atoms with Crippen LogP contribution in [0, 0.1) is 5.92 Å². The summed E-state index contributed by atoms with van der Waals surface area (Å²) in [5.41, 5.74) is 3.32. The minimum Gasteiger partial charge on any atom is -0.343 e. The fourth-order valence-corrected chi connectivity index (χ4v) is 4.65. The van der Waals surface area contributed by atoms with Gasteiger partial charge in [-0.05, 0) is 49.6 Å². The molecule has 0 atom stereocenters. The van der Waals surface area contributed by atoms with Crippen LogP contribution in [0.4, 0.5) is 5.69 Å². The van der Waals surface area contributed by atoms with E-state index < -0.39 is 0 Å². The van der Waals surface area contributed by atoms with E-state index in [9.17, 15) is 9.59 Å². The molecule has 2 aliphatic rings. The monoisotopic (exact) mass is 448 g/mol. The van der Waals surface area contributed by atoms with Gasteiger partial charge in [0.15, 0.2) is 0 Å². The Morgan fingerprint density at radius 1 is 0.848 bits per heavy atom. The molecule has 33 heavy (non-hydrogen) atoms. The third-order valence-electron chi connectivity index (χ3n) is 6.91. The Labute approximate surface area is 197 Å². The molecule has 2 heterocycles. The fraction of sp³-hybridized carbons (Fsp3) is 0.481. The van der Waals surface area contributed by atoms with Crippen molar-refractivity contribution in [3.05, 3.63) is 65.7 Å². The number of rotatable bonds is 7. The number of aryl methyl sites for hydroxylation is 1. The maximum Gasteiger partial charge on any atom is 0.227 e. The number of benzene rings is 2. The second kappa shape index (κ2) is 11.4. The van der Waals surface area contributed by atoms with E-state index in [0.29, 0.717) is 19.5 Å². The van der Waals surface area contributed by atoms with Gasteiger partial charge in [0.05, 0.1) is 0 Å². The number of carbonyl (C=O) groups is 2. The maximum absolute atomic E-state index is 12.8. The highest BCUT2D eigenvalue weighted by atomic mass is 16.2. The average Bonchev–Trinajstić information content (AvgIpc) is 2.86. The number of nitrogens with one attached hydrogen (secondary N) is 1. The molecule has 2 aromatic rings. The Morgan fingerprint density at radius 2 is 1.52 bits per heavy atom. The van der Waals surface area contributed by atoms with Gasteiger partial charge in [-0.2, -0.15) is 0 Å². The van der Waals surface area contributed by atoms with Gasteiger partial charge in [0.25, 0.3) is 0 Å². The molecular weight excluding hydrogens is 412 g/mol. The molecule has 0 unspecified atom stereocenters. The Morgan fingerprint density at radius 3 is 2.18 bits per heavy atom. The molecule has 6 heteroatoms. The number of amides is 2. The van der Waals surface area contributed by atoms with Crippen molar-refractivity contribution in [3.8, 4) is 0 Å². The summed E-state index contributed by atoms with van der Waals surface area (Å²) in [6, 6.07) is 18.4. The summed E-state index contributed by atoms with van der Waals surface area (Å²) >= 11 is 0. The normalized spacial score (nSPS) is 18.3. The predicted octanol–water partition coefficient (Wildman–Crippen LogP) is 3.24. The number of carbonyl (C=O) groups excluding carboxylic acids is 2. The van der Waals surface area contributed by atoms with E-state index in [1.54, 1.807) is 0 Å². The van der Waals surface area contributed by atoms with Gasteiger partial charge in [0.2, 0.25) is 11.8 Å². The Hall–Kier alpha value is -2.70. The molecule has 0 bridgehead atoms. The van der Waals surface area contributed by atoms with Crippen LogP contribution in [-0.2, 0) is 22.6 Å². The third kappa shape index (κ3) is 6.89. The first-order valence-corrected chi connectivity index (χ1v) is 12.2. The molecule has 1 N–H and O–H groups in total. The Balaban J connectivity index is 1.18. The third-order valence-corrected chi connectivity index (χ3v) is 6.91. The van der Waals surface area contributed by atoms with Crippen LogP contribution in [0.5, 0.6) is 0 Å². The van der Waals surface area contributed by atoms with E-state index >= 15 is 0 Å². The maximum atomic E-state index is 12.8. The van der Waals surface area contributed by atoms with Crippen LogP contribution >= 0.6 is 0 Å². The summed E-state index contributed by atoms with van der Waals surface area (Å²) in [4.78, 5) is 32.1. The molecule has 0 aromatic heterocycles. The summed E-state index contributed by atoms with van der Waals surface area (Å²) in [5, 5.41) is 3.08. The summed E-state index contributed by atoms with van der Waals surface area (Å²) in [6.07, 6.45) is 2.75. The number of nitrogens with zero attached hydrogens (tertiary/aromatic N) is 3. The molecule has 2 aromatic carbocycles. The number of likely N-dealkylation sites (tertiary alicyclic amines) is 1. The second-order valence-corrected chi connectivity index (χ2v) is 9.41. The minimum atomic E-state index is -0.0341. The first-order chi connectivity index (χ1) is 16.1. The highest BCUT2D eigenvalue weighted by molar-refractivity contribution is 5.92. The van der Waals surface area contributed by atoms with E-state index in [1.165, 1.54) is 11.1 Å². The van der Waals surface area contributed by atoms with Crippen LogP contribution in [0.3, 0.4) is 0 Å². The van der Waals surface area contributed by atoms with Gasteiger partial charge in [-0.15, -0.1) is 0 Å². The Bertz CT molecular complexity index is 899. The zero-order chi connectivity index (χ0) is 23.0. The number of hydrogen-bond donors (Lipinski definition) is 1. The van der Waals surface area contributed by atoms with Gasteiger partial charge >= 0.3 is 0 Å². The lowest BCUT2D eigenvalue weighted by Gasteiger charge is -2.32. The van der Waals surface area contributed by atoms with Crippen molar-refractivity contribution < 1.29 is 9.59 Å². The number of hydrogen-bond acceptors (Lipinski definition) is 4. The van der Waals surface area contributed by atoms with Crippen LogP contribution in [0.2, 0.25) is 0 Å². The fourth-order valence-electron chi connectivity index (χ4n) is 4.65. The molecule has 2 saturated heterocycles. The Kier molecular flexibility index (Phi) is 8.13. The average molecular weight is 449 g/mol. The van der Waals surface area contributed by atoms with Gasteiger partial charge in [0, 0.05) is 63.8 Å². The number of anilines is 1. The highest BCUT2D eigenvalue weighted by Gasteiger charge is 2.27. The molecule has 0 spiro atoms. The zero-order valence-corrected chi connectivity index (χ0v) is 19.7. The van der Waals surface area contributed by atoms with Crippen molar-refractivity contribution in [2.45, 2.75) is 32.2 Å². The van der Waals surface area contributed by atoms with Crippen molar-refractivity contribution in [2.24, 2.45) is 5.92 Å². The molecule has 2 amide bonds. The standard InChI is InChI=1S/C27H36N4O2/c1-29-17-19-30(20-18-29)21-23-7-10-25(11-8-23)28-27(33)24-13-15-31(16-14-24)26(32)12-9-22-5-3-2-4-6-22/h2-8,10-11,24H,9,12-21H2,1H3,(H,28,33). The molecular formula is C27H36N4O2. The van der Waals surface area contributed by atoms with E-state index in [2.05, 4.69) is 46.4 Å². The first-order valence-electron chi connectivity index (χ1n) is 12.2. The van der Waals surface area contributed by atoms with E-state index in [0.717, 1.165) is 57.7 Å². The van der Waals surface area contributed by atoms with Crippen LogP contribution in [-0.4, -0.2) is 72.8 Å². The molecule has 2 aliphatic heterocycles. The number of piperazine rings is 1. The van der Waals surface area contributed by atoms with Crippen molar-refractivity contribution in [2.75, 3.05) is 51.6 Å². The summed E-state index contributed by atoms with van der Waals surface area (Å²) < 4.78 is 0. The topological polar surface area (TPSA) is 55.9 Å². The summed E-state index contributed by atoms with van der Waals surface area (Å²) in [7, 11) is 2.17. The van der Waals surface area contributed by atoms with Gasteiger partial charge < -0.3 is 15.1 Å². The van der Waals surface area contributed by atoms with Gasteiger partial charge in [-0.1, -0.05) is 42.5 Å². The van der Waals surface area contributed by atoms with Crippen LogP contribution < -0.4 is 5.32 Å². The lowest BCUT2D eigenvalue weighted by atomic mass is 9.95. The van der Waals surface area contributed by atoms with E-state index in [4.69, 9.17) is 0 Å². The van der Waals surface area contributed by atoms with Crippen LogP contribution in [0.15, 0.2) is 54.6 Å². The molecule has 2 fully saturated rings. The van der Waals surface area contributed by atoms with Crippen molar-refractivity contribution >= 4 is 17.5 Å². The van der Waals surface area contributed by atoms with E-state index in [-0.39, 0.29) is 17.7 Å². The SMILES string of the molecule is CN1CCN(Cc2ccc(NC(=O)C3CCN(C(=O)CCc4ccccc4)CC3)cc2)CC1. The van der Waals surface area contributed by atoms with Gasteiger partial charge in [-0.25, -0.2) is 0 Å². The van der Waals surface area contributed by atoms with Gasteiger partial charge in [-0.3, -0.25) is 14.5 Å². The number of likely N-dealkylation sites (N-methyl/N-ethyl adjacent to an activating group) is 1. The predicted molar refractivity (Wildman–Crippen MR) is 132 cm³/mol. The molecule has 0 radical (unpaired) electrons. The van der Waals surface area contributed by atoms with Crippen LogP contribution in [0.1, 0.15) is 30.4 Å². The summed E-state index contributed by atoms with van der Waals surface area (Å²) in [5.74, 6) is 0.222. The molecule has 4 rings (SSSR count). The van der Waals surface area contributed by atoms with Gasteiger partial charge in [0.1, 0.15) is 0 Å². The lowest BCUT2D eigenvalue weighted by Crippen LogP contribution is -2.43. The largest absolute Gasteiger partial charge is 0.343 e. The lowest BCUT2D eigenvalue weighted by molar-refractivity contribution is -0.134. The first kappa shape index (κ1) is 23.5. The number of piperidine rings is 1. The smallest absolute Gasteiger partial charge is 0.227 e. The zero-order valence-electron chi connectivity index (χ0n) is 19.7. The molecule has 0 saturated carbocycles. The summed E-state index contributed by atoms with van der Waals surface area (Å²) in [6.45, 7) is 6.71. The minimum absolute atomic E-state index is 0.0341. The molecule has 176 valence electrons. The highest BCUT2D eigenvalue weighted by Crippen LogP contribution is 2.21. The van der Waals surface area contributed by atoms with Crippen LogP contribution in [0.25, 0.3) is 0 Å². The van der Waals surface area contributed by atoms with Crippen molar-refractivity contribution in [1.82, 2.24) is 14.7 Å². The van der Waals surface area contributed by atoms with Crippen molar-refractivity contribution in [1.29, 1.82) is 0 Å². The second-order valence-electron chi connectivity index (χ2n) is 9.41. The van der Waals surface area contributed by atoms with Crippen molar-refractivity contribution in [3.63, 3.8) is 0 Å². The molecule has 6 nitrogen and oxygen atoms in total. The van der Waals surface area contributed by atoms with E-state index in [1.807, 2.05) is 35.2 Å².